The molecule has 0 unspecified atom stereocenters. The Bertz CT molecular complexity index is 524. The quantitative estimate of drug-likeness (QED) is 0.650. The number of amides is 1. The summed E-state index contributed by atoms with van der Waals surface area (Å²) in [5.74, 6) is 0.931. The largest absolute Gasteiger partial charge is 0.351 e. The van der Waals surface area contributed by atoms with Crippen LogP contribution in [0.15, 0.2) is 47.8 Å². The SMILES string of the molecule is Cn1cccc1C(=O)NCCCSc1ccccn1. The molecule has 0 aliphatic rings. The van der Waals surface area contributed by atoms with E-state index in [0.29, 0.717) is 12.2 Å². The second-order valence-electron chi connectivity index (χ2n) is 4.13. The molecule has 0 fully saturated rings. The van der Waals surface area contributed by atoms with Gasteiger partial charge in [0.2, 0.25) is 0 Å². The number of thioether (sulfide) groups is 1. The molecular weight excluding hydrogens is 258 g/mol. The van der Waals surface area contributed by atoms with Crippen molar-refractivity contribution in [3.05, 3.63) is 48.4 Å². The summed E-state index contributed by atoms with van der Waals surface area (Å²) in [6.45, 7) is 0.684. The second kappa shape index (κ2) is 6.99. The number of hydrogen-bond acceptors (Lipinski definition) is 3. The Morgan fingerprint density at radius 1 is 1.37 bits per heavy atom. The first kappa shape index (κ1) is 13.7. The molecule has 0 atom stereocenters. The van der Waals surface area contributed by atoms with E-state index in [9.17, 15) is 4.79 Å². The summed E-state index contributed by atoms with van der Waals surface area (Å²) in [5.41, 5.74) is 0.692. The lowest BCUT2D eigenvalue weighted by molar-refractivity contribution is 0.0945. The summed E-state index contributed by atoms with van der Waals surface area (Å²) in [6, 6.07) is 9.56. The minimum Gasteiger partial charge on any atom is -0.351 e. The molecule has 4 nitrogen and oxygen atoms in total. The van der Waals surface area contributed by atoms with Gasteiger partial charge in [-0.25, -0.2) is 4.98 Å². The third kappa shape index (κ3) is 4.13. The Kier molecular flexibility index (Phi) is 5.03. The summed E-state index contributed by atoms with van der Waals surface area (Å²) in [7, 11) is 1.87. The van der Waals surface area contributed by atoms with Crippen LogP contribution in [0.4, 0.5) is 0 Å². The molecule has 0 radical (unpaired) electrons. The van der Waals surface area contributed by atoms with Crippen molar-refractivity contribution in [1.29, 1.82) is 0 Å². The van der Waals surface area contributed by atoms with Gasteiger partial charge in [-0.15, -0.1) is 11.8 Å². The van der Waals surface area contributed by atoms with Crippen molar-refractivity contribution in [2.24, 2.45) is 7.05 Å². The van der Waals surface area contributed by atoms with Gasteiger partial charge in [0, 0.05) is 31.7 Å². The molecule has 0 aliphatic carbocycles. The number of aryl methyl sites for hydroxylation is 1. The summed E-state index contributed by atoms with van der Waals surface area (Å²) in [6.07, 6.45) is 4.59. The van der Waals surface area contributed by atoms with Gasteiger partial charge in [-0.05, 0) is 30.7 Å². The van der Waals surface area contributed by atoms with Gasteiger partial charge < -0.3 is 9.88 Å². The Labute approximate surface area is 117 Å². The highest BCUT2D eigenvalue weighted by atomic mass is 32.2. The van der Waals surface area contributed by atoms with E-state index in [4.69, 9.17) is 0 Å². The van der Waals surface area contributed by atoms with Gasteiger partial charge in [0.05, 0.1) is 5.03 Å². The molecule has 2 aromatic heterocycles. The normalized spacial score (nSPS) is 10.4. The van der Waals surface area contributed by atoms with Gasteiger partial charge in [-0.1, -0.05) is 6.07 Å². The molecule has 2 heterocycles. The maximum absolute atomic E-state index is 11.8. The van der Waals surface area contributed by atoms with E-state index < -0.39 is 0 Å². The lowest BCUT2D eigenvalue weighted by Gasteiger charge is -2.05. The number of pyridine rings is 1. The highest BCUT2D eigenvalue weighted by Crippen LogP contribution is 2.14. The van der Waals surface area contributed by atoms with Gasteiger partial charge in [-0.3, -0.25) is 4.79 Å². The molecule has 0 saturated carbocycles. The van der Waals surface area contributed by atoms with Crippen LogP contribution in [0.1, 0.15) is 16.9 Å². The zero-order valence-electron chi connectivity index (χ0n) is 10.9. The number of carbonyl (C=O) groups excluding carboxylic acids is 1. The summed E-state index contributed by atoms with van der Waals surface area (Å²) < 4.78 is 1.82. The number of carbonyl (C=O) groups is 1. The van der Waals surface area contributed by atoms with E-state index in [2.05, 4.69) is 10.3 Å². The average Bonchev–Trinajstić information content (AvgIpc) is 2.86. The summed E-state index contributed by atoms with van der Waals surface area (Å²) >= 11 is 1.71. The van der Waals surface area contributed by atoms with Crippen LogP contribution in [0.5, 0.6) is 0 Å². The number of nitrogens with zero attached hydrogens (tertiary/aromatic N) is 2. The first-order chi connectivity index (χ1) is 9.27. The minimum atomic E-state index is -0.0182. The van der Waals surface area contributed by atoms with Crippen LogP contribution in [-0.4, -0.2) is 27.8 Å². The van der Waals surface area contributed by atoms with Crippen LogP contribution >= 0.6 is 11.8 Å². The highest BCUT2D eigenvalue weighted by molar-refractivity contribution is 7.99. The first-order valence-corrected chi connectivity index (χ1v) is 7.19. The van der Waals surface area contributed by atoms with Crippen molar-refractivity contribution in [2.45, 2.75) is 11.4 Å². The van der Waals surface area contributed by atoms with Crippen molar-refractivity contribution < 1.29 is 4.79 Å². The molecule has 0 bridgehead atoms. The van der Waals surface area contributed by atoms with Gasteiger partial charge >= 0.3 is 0 Å². The molecule has 1 amide bonds. The fourth-order valence-electron chi connectivity index (χ4n) is 1.67. The number of aromatic nitrogens is 2. The number of rotatable bonds is 6. The van der Waals surface area contributed by atoms with Gasteiger partial charge in [-0.2, -0.15) is 0 Å². The maximum atomic E-state index is 11.8. The summed E-state index contributed by atoms with van der Waals surface area (Å²) in [5, 5.41) is 3.94. The van der Waals surface area contributed by atoms with E-state index in [0.717, 1.165) is 17.2 Å². The zero-order valence-corrected chi connectivity index (χ0v) is 11.7. The average molecular weight is 275 g/mol. The monoisotopic (exact) mass is 275 g/mol. The standard InChI is InChI=1S/C14H17N3OS/c1-17-10-4-6-12(17)14(18)16-9-5-11-19-13-7-2-3-8-15-13/h2-4,6-8,10H,5,9,11H2,1H3,(H,16,18). The Balaban J connectivity index is 1.65. The Morgan fingerprint density at radius 2 is 2.26 bits per heavy atom. The van der Waals surface area contributed by atoms with Crippen LogP contribution < -0.4 is 5.32 Å². The predicted molar refractivity (Wildman–Crippen MR) is 77.3 cm³/mol. The van der Waals surface area contributed by atoms with Gasteiger partial charge in [0.1, 0.15) is 5.69 Å². The fraction of sp³-hybridized carbons (Fsp3) is 0.286. The van der Waals surface area contributed by atoms with E-state index >= 15 is 0 Å². The van der Waals surface area contributed by atoms with E-state index in [1.54, 1.807) is 18.0 Å². The molecule has 0 spiro atoms. The third-order valence-corrected chi connectivity index (χ3v) is 3.70. The molecule has 2 rings (SSSR count). The van der Waals surface area contributed by atoms with E-state index in [1.165, 1.54) is 0 Å². The predicted octanol–water partition coefficient (Wildman–Crippen LogP) is 2.33. The first-order valence-electron chi connectivity index (χ1n) is 6.21. The highest BCUT2D eigenvalue weighted by Gasteiger charge is 2.07. The maximum Gasteiger partial charge on any atom is 0.267 e. The van der Waals surface area contributed by atoms with Gasteiger partial charge in [0.15, 0.2) is 0 Å². The van der Waals surface area contributed by atoms with Crippen molar-refractivity contribution >= 4 is 17.7 Å². The van der Waals surface area contributed by atoms with Crippen LogP contribution in [0.3, 0.4) is 0 Å². The van der Waals surface area contributed by atoms with Crippen LogP contribution in [0.25, 0.3) is 0 Å². The van der Waals surface area contributed by atoms with Crippen molar-refractivity contribution in [1.82, 2.24) is 14.9 Å². The molecule has 5 heteroatoms. The lowest BCUT2D eigenvalue weighted by atomic mass is 10.4. The van der Waals surface area contributed by atoms with E-state index in [-0.39, 0.29) is 5.91 Å². The molecule has 100 valence electrons. The van der Waals surface area contributed by atoms with Crippen molar-refractivity contribution in [3.8, 4) is 0 Å². The molecule has 0 aliphatic heterocycles. The van der Waals surface area contributed by atoms with Crippen LogP contribution in [0, 0.1) is 0 Å². The fourth-order valence-corrected chi connectivity index (χ4v) is 2.48. The molecular formula is C14H17N3OS. The topological polar surface area (TPSA) is 46.9 Å². The Hall–Kier alpha value is -1.75. The van der Waals surface area contributed by atoms with Crippen molar-refractivity contribution in [3.63, 3.8) is 0 Å². The molecule has 0 aromatic carbocycles. The lowest BCUT2D eigenvalue weighted by Crippen LogP contribution is -2.26. The molecule has 2 aromatic rings. The molecule has 19 heavy (non-hydrogen) atoms. The molecule has 1 N–H and O–H groups in total. The van der Waals surface area contributed by atoms with Gasteiger partial charge in [0.25, 0.3) is 5.91 Å². The zero-order chi connectivity index (χ0) is 13.5. The number of hydrogen-bond donors (Lipinski definition) is 1. The second-order valence-corrected chi connectivity index (χ2v) is 5.25. The smallest absolute Gasteiger partial charge is 0.267 e. The third-order valence-electron chi connectivity index (χ3n) is 2.67. The minimum absolute atomic E-state index is 0.0182. The van der Waals surface area contributed by atoms with Crippen LogP contribution in [0.2, 0.25) is 0 Å². The van der Waals surface area contributed by atoms with Crippen LogP contribution in [-0.2, 0) is 7.05 Å². The Morgan fingerprint density at radius 3 is 2.95 bits per heavy atom. The molecule has 0 saturated heterocycles. The number of nitrogens with one attached hydrogen (secondary N) is 1. The van der Waals surface area contributed by atoms with E-state index in [1.807, 2.05) is 48.1 Å². The summed E-state index contributed by atoms with van der Waals surface area (Å²) in [4.78, 5) is 16.0. The van der Waals surface area contributed by atoms with Crippen molar-refractivity contribution in [2.75, 3.05) is 12.3 Å².